The van der Waals surface area contributed by atoms with Gasteiger partial charge in [0.15, 0.2) is 0 Å². The molecule has 0 saturated heterocycles. The number of rotatable bonds is 5. The molecule has 2 nitrogen and oxygen atoms in total. The molecular weight excluding hydrogens is 321 g/mol. The molecule has 0 aliphatic heterocycles. The lowest BCUT2D eigenvalue weighted by Gasteiger charge is -2.21. The van der Waals surface area contributed by atoms with Gasteiger partial charge >= 0.3 is 0 Å². The number of nitrogens with zero attached hydrogens (tertiary/aromatic N) is 1. The number of benzene rings is 2. The van der Waals surface area contributed by atoms with Gasteiger partial charge in [0, 0.05) is 23.8 Å². The van der Waals surface area contributed by atoms with Crippen LogP contribution in [0.25, 0.3) is 0 Å². The lowest BCUT2D eigenvalue weighted by molar-refractivity contribution is 0.170. The van der Waals surface area contributed by atoms with Crippen molar-refractivity contribution in [2.24, 2.45) is 0 Å². The average Bonchev–Trinajstić information content (AvgIpc) is 2.45. The van der Waals surface area contributed by atoms with Crippen molar-refractivity contribution in [3.05, 3.63) is 64.4 Å². The summed E-state index contributed by atoms with van der Waals surface area (Å²) >= 11 is 3.37. The minimum Gasteiger partial charge on any atom is -0.388 e. The lowest BCUT2D eigenvalue weighted by atomic mass is 10.1. The zero-order valence-electron chi connectivity index (χ0n) is 11.3. The van der Waals surface area contributed by atoms with E-state index in [1.807, 2.05) is 42.3 Å². The molecule has 2 aromatic carbocycles. The number of aliphatic hydroxyl groups excluding tert-OH is 1. The van der Waals surface area contributed by atoms with Crippen LogP contribution in [0.1, 0.15) is 18.1 Å². The van der Waals surface area contributed by atoms with Crippen LogP contribution in [0.15, 0.2) is 53.0 Å². The van der Waals surface area contributed by atoms with Gasteiger partial charge < -0.3 is 10.0 Å². The third-order valence-corrected chi connectivity index (χ3v) is 3.77. The molecule has 2 rings (SSSR count). The molecular formula is C16H17BrFNO. The van der Waals surface area contributed by atoms with Gasteiger partial charge in [-0.15, -0.1) is 0 Å². The Labute approximate surface area is 127 Å². The van der Waals surface area contributed by atoms with E-state index in [1.165, 1.54) is 12.1 Å². The molecule has 0 amide bonds. The predicted octanol–water partition coefficient (Wildman–Crippen LogP) is 4.15. The molecule has 0 fully saturated rings. The summed E-state index contributed by atoms with van der Waals surface area (Å²) < 4.78 is 14.1. The highest BCUT2D eigenvalue weighted by Gasteiger charge is 2.09. The molecule has 0 spiro atoms. The van der Waals surface area contributed by atoms with Gasteiger partial charge in [0.2, 0.25) is 0 Å². The minimum absolute atomic E-state index is 0.247. The van der Waals surface area contributed by atoms with Crippen molar-refractivity contribution in [3.8, 4) is 0 Å². The van der Waals surface area contributed by atoms with Gasteiger partial charge in [-0.3, -0.25) is 0 Å². The minimum atomic E-state index is -0.515. The first-order chi connectivity index (χ1) is 9.56. The molecule has 0 aliphatic rings. The second-order valence-corrected chi connectivity index (χ2v) is 5.67. The van der Waals surface area contributed by atoms with E-state index in [0.717, 1.165) is 15.7 Å². The summed E-state index contributed by atoms with van der Waals surface area (Å²) in [6.45, 7) is 0.653. The molecule has 0 bridgehead atoms. The van der Waals surface area contributed by atoms with Gasteiger partial charge in [-0.1, -0.05) is 34.1 Å². The van der Waals surface area contributed by atoms with Gasteiger partial charge in [-0.2, -0.15) is 0 Å². The Morgan fingerprint density at radius 3 is 2.55 bits per heavy atom. The zero-order valence-corrected chi connectivity index (χ0v) is 12.8. The Balaban J connectivity index is 1.93. The summed E-state index contributed by atoms with van der Waals surface area (Å²) in [5, 5.41) is 10.1. The quantitative estimate of drug-likeness (QED) is 0.885. The van der Waals surface area contributed by atoms with E-state index in [-0.39, 0.29) is 5.82 Å². The number of hydrogen-bond acceptors (Lipinski definition) is 2. The van der Waals surface area contributed by atoms with E-state index in [2.05, 4.69) is 15.9 Å². The lowest BCUT2D eigenvalue weighted by Crippen LogP contribution is -2.20. The highest BCUT2D eigenvalue weighted by Crippen LogP contribution is 2.21. The van der Waals surface area contributed by atoms with E-state index < -0.39 is 6.10 Å². The maximum absolute atomic E-state index is 13.1. The first-order valence-electron chi connectivity index (χ1n) is 6.46. The van der Waals surface area contributed by atoms with Crippen molar-refractivity contribution in [1.82, 2.24) is 0 Å². The molecule has 0 radical (unpaired) electrons. The molecule has 20 heavy (non-hydrogen) atoms. The molecule has 1 unspecified atom stereocenters. The van der Waals surface area contributed by atoms with E-state index in [4.69, 9.17) is 0 Å². The summed E-state index contributed by atoms with van der Waals surface area (Å²) in [7, 11) is 1.89. The Morgan fingerprint density at radius 1 is 1.20 bits per heavy atom. The van der Waals surface area contributed by atoms with Crippen molar-refractivity contribution in [3.63, 3.8) is 0 Å². The van der Waals surface area contributed by atoms with Crippen molar-refractivity contribution < 1.29 is 9.50 Å². The standard InChI is InChI=1S/C16H17BrFNO/c1-19(15-4-2-3-14(18)11-15)10-9-16(20)12-5-7-13(17)8-6-12/h2-8,11,16,20H,9-10H2,1H3. The summed E-state index contributed by atoms with van der Waals surface area (Å²) in [6.07, 6.45) is 0.0772. The fourth-order valence-corrected chi connectivity index (χ4v) is 2.27. The average molecular weight is 338 g/mol. The Hall–Kier alpha value is -1.39. The first-order valence-corrected chi connectivity index (χ1v) is 7.26. The van der Waals surface area contributed by atoms with E-state index in [0.29, 0.717) is 13.0 Å². The van der Waals surface area contributed by atoms with Crippen LogP contribution in [-0.4, -0.2) is 18.7 Å². The summed E-state index contributed by atoms with van der Waals surface area (Å²) in [5.74, 6) is -0.247. The summed E-state index contributed by atoms with van der Waals surface area (Å²) in [6, 6.07) is 14.1. The number of hydrogen-bond donors (Lipinski definition) is 1. The zero-order chi connectivity index (χ0) is 14.5. The van der Waals surface area contributed by atoms with Crippen LogP contribution >= 0.6 is 15.9 Å². The largest absolute Gasteiger partial charge is 0.388 e. The molecule has 1 N–H and O–H groups in total. The Morgan fingerprint density at radius 2 is 1.90 bits per heavy atom. The predicted molar refractivity (Wildman–Crippen MR) is 83.4 cm³/mol. The first kappa shape index (κ1) is 15.0. The van der Waals surface area contributed by atoms with Gasteiger partial charge in [0.25, 0.3) is 0 Å². The second-order valence-electron chi connectivity index (χ2n) is 4.76. The monoisotopic (exact) mass is 337 g/mol. The summed E-state index contributed by atoms with van der Waals surface area (Å²) in [4.78, 5) is 1.94. The van der Waals surface area contributed by atoms with E-state index >= 15 is 0 Å². The second kappa shape index (κ2) is 6.86. The molecule has 0 aliphatic carbocycles. The van der Waals surface area contributed by atoms with Crippen molar-refractivity contribution in [1.29, 1.82) is 0 Å². The van der Waals surface area contributed by atoms with E-state index in [9.17, 15) is 9.50 Å². The normalized spacial score (nSPS) is 12.2. The fraction of sp³-hybridized carbons (Fsp3) is 0.250. The molecule has 0 heterocycles. The van der Waals surface area contributed by atoms with Crippen molar-refractivity contribution in [2.75, 3.05) is 18.5 Å². The number of anilines is 1. The Bertz CT molecular complexity index is 559. The van der Waals surface area contributed by atoms with Gasteiger partial charge in [-0.25, -0.2) is 4.39 Å². The maximum atomic E-state index is 13.1. The highest BCUT2D eigenvalue weighted by molar-refractivity contribution is 9.10. The van der Waals surface area contributed by atoms with Crippen LogP contribution in [0.4, 0.5) is 10.1 Å². The van der Waals surface area contributed by atoms with Crippen molar-refractivity contribution in [2.45, 2.75) is 12.5 Å². The van der Waals surface area contributed by atoms with Crippen LogP contribution in [0, 0.1) is 5.82 Å². The number of aliphatic hydroxyl groups is 1. The smallest absolute Gasteiger partial charge is 0.125 e. The maximum Gasteiger partial charge on any atom is 0.125 e. The molecule has 1 atom stereocenters. The number of halogens is 2. The topological polar surface area (TPSA) is 23.5 Å². The van der Waals surface area contributed by atoms with Crippen LogP contribution in [0.3, 0.4) is 0 Å². The van der Waals surface area contributed by atoms with Crippen molar-refractivity contribution >= 4 is 21.6 Å². The summed E-state index contributed by atoms with van der Waals surface area (Å²) in [5.41, 5.74) is 1.70. The van der Waals surface area contributed by atoms with Gasteiger partial charge in [-0.05, 0) is 42.3 Å². The third kappa shape index (κ3) is 4.05. The van der Waals surface area contributed by atoms with Gasteiger partial charge in [0.05, 0.1) is 6.10 Å². The molecule has 106 valence electrons. The Kier molecular flexibility index (Phi) is 5.15. The third-order valence-electron chi connectivity index (χ3n) is 3.24. The van der Waals surface area contributed by atoms with Crippen LogP contribution in [0.2, 0.25) is 0 Å². The SMILES string of the molecule is CN(CCC(O)c1ccc(Br)cc1)c1cccc(F)c1. The molecule has 0 saturated carbocycles. The van der Waals surface area contributed by atoms with Crippen LogP contribution < -0.4 is 4.90 Å². The van der Waals surface area contributed by atoms with Crippen LogP contribution in [-0.2, 0) is 0 Å². The van der Waals surface area contributed by atoms with Crippen LogP contribution in [0.5, 0.6) is 0 Å². The van der Waals surface area contributed by atoms with E-state index in [1.54, 1.807) is 6.07 Å². The molecule has 0 aromatic heterocycles. The fourth-order valence-electron chi connectivity index (χ4n) is 2.01. The molecule has 2 aromatic rings. The van der Waals surface area contributed by atoms with Gasteiger partial charge in [0.1, 0.15) is 5.82 Å². The molecule has 4 heteroatoms. The highest BCUT2D eigenvalue weighted by atomic mass is 79.9.